The smallest absolute Gasteiger partial charge is 0.253 e. The van der Waals surface area contributed by atoms with Crippen LogP contribution in [0.3, 0.4) is 0 Å². The minimum atomic E-state index is -0.252. The Morgan fingerprint density at radius 2 is 2.13 bits per heavy atom. The van der Waals surface area contributed by atoms with Crippen molar-refractivity contribution in [2.45, 2.75) is 45.8 Å². The lowest BCUT2D eigenvalue weighted by atomic mass is 10.0. The molecule has 3 aromatic heterocycles. The van der Waals surface area contributed by atoms with Crippen LogP contribution in [0.1, 0.15) is 47.1 Å². The first-order valence-electron chi connectivity index (χ1n) is 10.4. The zero-order chi connectivity index (χ0) is 21.8. The highest BCUT2D eigenvalue weighted by Gasteiger charge is 2.21. The van der Waals surface area contributed by atoms with Crippen molar-refractivity contribution in [3.05, 3.63) is 47.0 Å². The Bertz CT molecular complexity index is 1130. The molecular formula is C22H25N7O2. The number of nitrogens with one attached hydrogen (secondary N) is 2. The molecule has 0 bridgehead atoms. The summed E-state index contributed by atoms with van der Waals surface area (Å²) >= 11 is 0. The summed E-state index contributed by atoms with van der Waals surface area (Å²) in [7, 11) is 0. The monoisotopic (exact) mass is 419 g/mol. The van der Waals surface area contributed by atoms with E-state index >= 15 is 0 Å². The van der Waals surface area contributed by atoms with Crippen LogP contribution in [0.5, 0.6) is 0 Å². The van der Waals surface area contributed by atoms with Gasteiger partial charge in [-0.3, -0.25) is 4.79 Å². The molecule has 31 heavy (non-hydrogen) atoms. The van der Waals surface area contributed by atoms with Crippen LogP contribution in [-0.2, 0) is 17.8 Å². The molecule has 1 saturated heterocycles. The van der Waals surface area contributed by atoms with E-state index in [0.29, 0.717) is 18.2 Å². The fourth-order valence-corrected chi connectivity index (χ4v) is 3.77. The van der Waals surface area contributed by atoms with Crippen LogP contribution in [0.4, 0.5) is 5.69 Å². The first-order chi connectivity index (χ1) is 15.1. The normalized spacial score (nSPS) is 14.4. The fourth-order valence-electron chi connectivity index (χ4n) is 3.77. The van der Waals surface area contributed by atoms with Crippen molar-refractivity contribution >= 4 is 22.6 Å². The second-order valence-electron chi connectivity index (χ2n) is 7.51. The van der Waals surface area contributed by atoms with Gasteiger partial charge in [-0.25, -0.2) is 14.6 Å². The summed E-state index contributed by atoms with van der Waals surface area (Å²) in [6.07, 6.45) is 5.10. The lowest BCUT2D eigenvalue weighted by Gasteiger charge is -2.26. The third-order valence-electron chi connectivity index (χ3n) is 5.53. The predicted molar refractivity (Wildman–Crippen MR) is 116 cm³/mol. The molecule has 9 nitrogen and oxygen atoms in total. The minimum absolute atomic E-state index is 0.252. The molecule has 1 amide bonds. The molecule has 1 aliphatic heterocycles. The number of rotatable bonds is 6. The molecule has 0 aromatic carbocycles. The number of carbonyl (C=O) groups excluding carboxylic acids is 1. The molecule has 2 N–H and O–H groups in total. The van der Waals surface area contributed by atoms with Crippen LogP contribution >= 0.6 is 0 Å². The molecule has 1 fully saturated rings. The van der Waals surface area contributed by atoms with Gasteiger partial charge in [0.1, 0.15) is 11.8 Å². The predicted octanol–water partition coefficient (Wildman–Crippen LogP) is 2.55. The highest BCUT2D eigenvalue weighted by atomic mass is 16.5. The van der Waals surface area contributed by atoms with Gasteiger partial charge >= 0.3 is 0 Å². The molecular weight excluding hydrogens is 394 g/mol. The van der Waals surface area contributed by atoms with E-state index < -0.39 is 0 Å². The van der Waals surface area contributed by atoms with Crippen molar-refractivity contribution in [1.82, 2.24) is 25.1 Å². The third-order valence-corrected chi connectivity index (χ3v) is 5.53. The van der Waals surface area contributed by atoms with Gasteiger partial charge in [0.2, 0.25) is 0 Å². The Labute approximate surface area is 180 Å². The number of fused-ring (bicyclic) bond motifs is 1. The third kappa shape index (κ3) is 4.34. The number of aryl methyl sites for hydroxylation is 2. The van der Waals surface area contributed by atoms with Crippen LogP contribution in [0.15, 0.2) is 24.5 Å². The van der Waals surface area contributed by atoms with Crippen molar-refractivity contribution in [2.24, 2.45) is 0 Å². The zero-order valence-corrected chi connectivity index (χ0v) is 17.7. The molecule has 4 heterocycles. The van der Waals surface area contributed by atoms with E-state index in [1.54, 1.807) is 6.07 Å². The summed E-state index contributed by atoms with van der Waals surface area (Å²) in [5.74, 6) is -0.252. The molecule has 0 aliphatic carbocycles. The molecule has 3 aromatic rings. The maximum absolute atomic E-state index is 12.6. The Balaban J connectivity index is 1.63. The van der Waals surface area contributed by atoms with Crippen LogP contribution in [0.25, 0.3) is 11.0 Å². The maximum Gasteiger partial charge on any atom is 0.253 e. The fraction of sp³-hybridized carbons (Fsp3) is 0.409. The molecule has 0 spiro atoms. The van der Waals surface area contributed by atoms with Crippen LogP contribution in [0, 0.1) is 18.3 Å². The van der Waals surface area contributed by atoms with Gasteiger partial charge in [0, 0.05) is 49.8 Å². The van der Waals surface area contributed by atoms with Gasteiger partial charge in [-0.05, 0) is 38.8 Å². The molecule has 0 unspecified atom stereocenters. The second-order valence-corrected chi connectivity index (χ2v) is 7.51. The topological polar surface area (TPSA) is 118 Å². The Morgan fingerprint density at radius 1 is 1.32 bits per heavy atom. The van der Waals surface area contributed by atoms with Crippen molar-refractivity contribution in [3.63, 3.8) is 0 Å². The van der Waals surface area contributed by atoms with Crippen molar-refractivity contribution < 1.29 is 9.53 Å². The van der Waals surface area contributed by atoms with E-state index in [4.69, 9.17) is 15.0 Å². The number of nitriles is 1. The van der Waals surface area contributed by atoms with Gasteiger partial charge in [-0.15, -0.1) is 0 Å². The van der Waals surface area contributed by atoms with E-state index in [-0.39, 0.29) is 11.6 Å². The van der Waals surface area contributed by atoms with Crippen molar-refractivity contribution in [3.8, 4) is 6.07 Å². The first-order valence-corrected chi connectivity index (χ1v) is 10.4. The number of hydrogen-bond acceptors (Lipinski definition) is 7. The van der Waals surface area contributed by atoms with E-state index in [1.165, 1.54) is 12.3 Å². The summed E-state index contributed by atoms with van der Waals surface area (Å²) in [5, 5.41) is 20.9. The van der Waals surface area contributed by atoms with E-state index in [1.807, 2.05) is 30.8 Å². The summed E-state index contributed by atoms with van der Waals surface area (Å²) in [4.78, 5) is 21.4. The maximum atomic E-state index is 12.6. The molecule has 160 valence electrons. The highest BCUT2D eigenvalue weighted by Crippen LogP contribution is 2.30. The summed E-state index contributed by atoms with van der Waals surface area (Å²) < 4.78 is 7.37. The molecule has 0 saturated carbocycles. The second kappa shape index (κ2) is 9.10. The lowest BCUT2D eigenvalue weighted by molar-refractivity contribution is 0.0904. The van der Waals surface area contributed by atoms with Gasteiger partial charge in [-0.1, -0.05) is 0 Å². The average Bonchev–Trinajstić information content (AvgIpc) is 3.21. The number of nitrogens with zero attached hydrogens (tertiary/aromatic N) is 5. The number of anilines is 1. The summed E-state index contributed by atoms with van der Waals surface area (Å²) in [6.45, 7) is 6.50. The van der Waals surface area contributed by atoms with Gasteiger partial charge < -0.3 is 15.4 Å². The molecule has 0 radical (unpaired) electrons. The van der Waals surface area contributed by atoms with Gasteiger partial charge in [-0.2, -0.15) is 10.4 Å². The van der Waals surface area contributed by atoms with E-state index in [2.05, 4.69) is 20.7 Å². The largest absolute Gasteiger partial charge is 0.381 e. The summed E-state index contributed by atoms with van der Waals surface area (Å²) in [6, 6.07) is 5.38. The van der Waals surface area contributed by atoms with Crippen LogP contribution in [-0.4, -0.2) is 44.9 Å². The number of pyridine rings is 2. The number of carbonyl (C=O) groups is 1. The Morgan fingerprint density at radius 3 is 2.81 bits per heavy atom. The van der Waals surface area contributed by atoms with Gasteiger partial charge in [0.25, 0.3) is 5.91 Å². The minimum Gasteiger partial charge on any atom is -0.381 e. The van der Waals surface area contributed by atoms with E-state index in [0.717, 1.165) is 60.6 Å². The number of aromatic nitrogens is 4. The van der Waals surface area contributed by atoms with Crippen LogP contribution < -0.4 is 10.6 Å². The van der Waals surface area contributed by atoms with Gasteiger partial charge in [0.05, 0.1) is 22.8 Å². The van der Waals surface area contributed by atoms with Crippen LogP contribution in [0.2, 0.25) is 0 Å². The molecule has 0 atom stereocenters. The first kappa shape index (κ1) is 20.8. The molecule has 9 heteroatoms. The molecule has 4 rings (SSSR count). The zero-order valence-electron chi connectivity index (χ0n) is 17.7. The average molecular weight is 419 g/mol. The van der Waals surface area contributed by atoms with E-state index in [9.17, 15) is 4.79 Å². The highest BCUT2D eigenvalue weighted by molar-refractivity contribution is 5.95. The lowest BCUT2D eigenvalue weighted by Crippen LogP contribution is -2.30. The SMILES string of the molecule is CCn1ncc2c(NC3CCOCC3)c(CNC(=O)c3ccc(C#N)nc3)c(C)nc21. The van der Waals surface area contributed by atoms with Crippen molar-refractivity contribution in [2.75, 3.05) is 18.5 Å². The van der Waals surface area contributed by atoms with Gasteiger partial charge in [0.15, 0.2) is 5.65 Å². The quantitative estimate of drug-likeness (QED) is 0.630. The Hall–Kier alpha value is -3.51. The summed E-state index contributed by atoms with van der Waals surface area (Å²) in [5.41, 5.74) is 4.26. The number of amides is 1. The molecule has 1 aliphatic rings. The van der Waals surface area contributed by atoms with Crippen molar-refractivity contribution in [1.29, 1.82) is 5.26 Å². The number of ether oxygens (including phenoxy) is 1. The number of hydrogen-bond donors (Lipinski definition) is 2. The Kier molecular flexibility index (Phi) is 6.09. The standard InChI is InChI=1S/C22H25N7O2/c1-3-29-21-19(13-26-29)20(28-16-6-8-31-9-7-16)18(14(2)27-21)12-25-22(30)15-4-5-17(10-23)24-11-15/h4-5,11,13,16H,3,6-9,12H2,1-2H3,(H,25,30)(H,27,28).